The Balaban J connectivity index is 2.25. The van der Waals surface area contributed by atoms with Gasteiger partial charge >= 0.3 is 0 Å². The number of aldehydes is 1. The third-order valence-corrected chi connectivity index (χ3v) is 3.29. The van der Waals surface area contributed by atoms with Gasteiger partial charge in [0.25, 0.3) is 5.91 Å². The second kappa shape index (κ2) is 8.15. The Morgan fingerprint density at radius 3 is 2.67 bits per heavy atom. The molecule has 0 bridgehead atoms. The zero-order chi connectivity index (χ0) is 17.5. The van der Waals surface area contributed by atoms with Crippen LogP contribution in [0.3, 0.4) is 0 Å². The lowest BCUT2D eigenvalue weighted by atomic mass is 10.1. The minimum atomic E-state index is -0.300. The van der Waals surface area contributed by atoms with E-state index in [1.165, 1.54) is 0 Å². The molecule has 0 aromatic heterocycles. The Morgan fingerprint density at radius 2 is 2.00 bits per heavy atom. The van der Waals surface area contributed by atoms with Crippen LogP contribution in [0.25, 0.3) is 0 Å². The van der Waals surface area contributed by atoms with E-state index < -0.39 is 0 Å². The lowest BCUT2D eigenvalue weighted by molar-refractivity contribution is 0.102. The standard InChI is InChI=1S/C19H21NO4/c1-13(2)12-24-18-8-7-14(11-21)9-17(18)20-19(22)15-5-4-6-16(10-15)23-3/h4-11,13H,12H2,1-3H3,(H,20,22). The lowest BCUT2D eigenvalue weighted by Crippen LogP contribution is -2.14. The number of benzene rings is 2. The van der Waals surface area contributed by atoms with Crippen molar-refractivity contribution in [2.45, 2.75) is 13.8 Å². The van der Waals surface area contributed by atoms with Gasteiger partial charge in [0.05, 0.1) is 19.4 Å². The summed E-state index contributed by atoms with van der Waals surface area (Å²) in [5.41, 5.74) is 1.39. The van der Waals surface area contributed by atoms with E-state index in [1.54, 1.807) is 49.6 Å². The van der Waals surface area contributed by atoms with Crippen LogP contribution in [0.1, 0.15) is 34.6 Å². The number of amides is 1. The Morgan fingerprint density at radius 1 is 1.21 bits per heavy atom. The first-order valence-electron chi connectivity index (χ1n) is 7.71. The molecule has 0 radical (unpaired) electrons. The van der Waals surface area contributed by atoms with Crippen molar-refractivity contribution in [2.24, 2.45) is 5.92 Å². The van der Waals surface area contributed by atoms with Crippen molar-refractivity contribution in [1.82, 2.24) is 0 Å². The first-order valence-corrected chi connectivity index (χ1v) is 7.71. The molecular formula is C19H21NO4. The minimum absolute atomic E-state index is 0.300. The number of anilines is 1. The summed E-state index contributed by atoms with van der Waals surface area (Å²) < 4.78 is 10.9. The van der Waals surface area contributed by atoms with Gasteiger partial charge in [-0.05, 0) is 42.3 Å². The summed E-state index contributed by atoms with van der Waals surface area (Å²) in [6.45, 7) is 4.59. The van der Waals surface area contributed by atoms with Crippen LogP contribution < -0.4 is 14.8 Å². The van der Waals surface area contributed by atoms with Gasteiger partial charge in [-0.15, -0.1) is 0 Å². The molecule has 1 N–H and O–H groups in total. The molecule has 0 fully saturated rings. The molecule has 2 rings (SSSR count). The van der Waals surface area contributed by atoms with Crippen molar-refractivity contribution in [3.63, 3.8) is 0 Å². The zero-order valence-corrected chi connectivity index (χ0v) is 14.0. The van der Waals surface area contributed by atoms with Crippen LogP contribution in [-0.4, -0.2) is 25.9 Å². The molecular weight excluding hydrogens is 306 g/mol. The van der Waals surface area contributed by atoms with Crippen molar-refractivity contribution < 1.29 is 19.1 Å². The fraction of sp³-hybridized carbons (Fsp3) is 0.263. The van der Waals surface area contributed by atoms with Gasteiger partial charge in [0.2, 0.25) is 0 Å². The maximum absolute atomic E-state index is 12.5. The van der Waals surface area contributed by atoms with Crippen molar-refractivity contribution >= 4 is 17.9 Å². The highest BCUT2D eigenvalue weighted by Gasteiger charge is 2.12. The molecule has 2 aromatic rings. The van der Waals surface area contributed by atoms with Gasteiger partial charge in [0.15, 0.2) is 0 Å². The summed E-state index contributed by atoms with van der Waals surface area (Å²) in [6.07, 6.45) is 0.730. The first-order chi connectivity index (χ1) is 11.5. The van der Waals surface area contributed by atoms with Crippen LogP contribution in [0.4, 0.5) is 5.69 Å². The second-order valence-corrected chi connectivity index (χ2v) is 5.76. The van der Waals surface area contributed by atoms with Gasteiger partial charge in [-0.25, -0.2) is 0 Å². The second-order valence-electron chi connectivity index (χ2n) is 5.76. The number of methoxy groups -OCH3 is 1. The monoisotopic (exact) mass is 327 g/mol. The number of carbonyl (C=O) groups is 2. The predicted molar refractivity (Wildman–Crippen MR) is 93.1 cm³/mol. The molecule has 1 amide bonds. The van der Waals surface area contributed by atoms with Crippen LogP contribution in [0.15, 0.2) is 42.5 Å². The molecule has 0 saturated heterocycles. The maximum Gasteiger partial charge on any atom is 0.255 e. The third-order valence-electron chi connectivity index (χ3n) is 3.29. The maximum atomic E-state index is 12.5. The SMILES string of the molecule is COc1cccc(C(=O)Nc2cc(C=O)ccc2OCC(C)C)c1. The van der Waals surface area contributed by atoms with E-state index in [0.29, 0.717) is 40.8 Å². The Labute approximate surface area is 141 Å². The molecule has 2 aromatic carbocycles. The summed E-state index contributed by atoms with van der Waals surface area (Å²) in [7, 11) is 1.54. The molecule has 126 valence electrons. The molecule has 0 saturated carbocycles. The molecule has 0 aliphatic heterocycles. The third kappa shape index (κ3) is 4.59. The van der Waals surface area contributed by atoms with Gasteiger partial charge in [-0.3, -0.25) is 9.59 Å². The largest absolute Gasteiger partial charge is 0.497 e. The van der Waals surface area contributed by atoms with E-state index in [2.05, 4.69) is 5.32 Å². The lowest BCUT2D eigenvalue weighted by Gasteiger charge is -2.14. The fourth-order valence-corrected chi connectivity index (χ4v) is 2.06. The van der Waals surface area contributed by atoms with Crippen molar-refractivity contribution in [3.8, 4) is 11.5 Å². The molecule has 24 heavy (non-hydrogen) atoms. The number of carbonyl (C=O) groups excluding carboxylic acids is 2. The van der Waals surface area contributed by atoms with Gasteiger partial charge in [0, 0.05) is 11.1 Å². The molecule has 0 heterocycles. The highest BCUT2D eigenvalue weighted by atomic mass is 16.5. The number of hydrogen-bond acceptors (Lipinski definition) is 4. The predicted octanol–water partition coefficient (Wildman–Crippen LogP) is 3.79. The Kier molecular flexibility index (Phi) is 5.95. The fourth-order valence-electron chi connectivity index (χ4n) is 2.06. The topological polar surface area (TPSA) is 64.6 Å². The first kappa shape index (κ1) is 17.5. The number of rotatable bonds is 7. The highest BCUT2D eigenvalue weighted by Crippen LogP contribution is 2.27. The zero-order valence-electron chi connectivity index (χ0n) is 14.0. The van der Waals surface area contributed by atoms with Gasteiger partial charge in [-0.1, -0.05) is 19.9 Å². The normalized spacial score (nSPS) is 10.3. The van der Waals surface area contributed by atoms with Crippen LogP contribution in [0, 0.1) is 5.92 Å². The van der Waals surface area contributed by atoms with Crippen molar-refractivity contribution in [3.05, 3.63) is 53.6 Å². The van der Waals surface area contributed by atoms with Crippen LogP contribution in [-0.2, 0) is 0 Å². The van der Waals surface area contributed by atoms with Gasteiger partial charge in [0.1, 0.15) is 17.8 Å². The quantitative estimate of drug-likeness (QED) is 0.786. The minimum Gasteiger partial charge on any atom is -0.497 e. The molecule has 0 aliphatic carbocycles. The van der Waals surface area contributed by atoms with E-state index in [0.717, 1.165) is 6.29 Å². The molecule has 5 nitrogen and oxygen atoms in total. The average molecular weight is 327 g/mol. The van der Waals surface area contributed by atoms with Crippen molar-refractivity contribution in [2.75, 3.05) is 19.0 Å². The summed E-state index contributed by atoms with van der Waals surface area (Å²) in [6, 6.07) is 11.8. The van der Waals surface area contributed by atoms with Crippen LogP contribution in [0.2, 0.25) is 0 Å². The summed E-state index contributed by atoms with van der Waals surface area (Å²) in [4.78, 5) is 23.5. The smallest absolute Gasteiger partial charge is 0.255 e. The van der Waals surface area contributed by atoms with E-state index in [-0.39, 0.29) is 5.91 Å². The highest BCUT2D eigenvalue weighted by molar-refractivity contribution is 6.05. The molecule has 0 unspecified atom stereocenters. The number of ether oxygens (including phenoxy) is 2. The molecule has 0 atom stereocenters. The van der Waals surface area contributed by atoms with E-state index in [9.17, 15) is 9.59 Å². The Bertz CT molecular complexity index is 725. The van der Waals surface area contributed by atoms with E-state index in [4.69, 9.17) is 9.47 Å². The average Bonchev–Trinajstić information content (AvgIpc) is 2.60. The molecule has 0 spiro atoms. The van der Waals surface area contributed by atoms with E-state index >= 15 is 0 Å². The van der Waals surface area contributed by atoms with Gasteiger partial charge in [-0.2, -0.15) is 0 Å². The number of hydrogen-bond donors (Lipinski definition) is 1. The van der Waals surface area contributed by atoms with Crippen LogP contribution in [0.5, 0.6) is 11.5 Å². The van der Waals surface area contributed by atoms with Crippen LogP contribution >= 0.6 is 0 Å². The van der Waals surface area contributed by atoms with Crippen molar-refractivity contribution in [1.29, 1.82) is 0 Å². The number of nitrogens with one attached hydrogen (secondary N) is 1. The van der Waals surface area contributed by atoms with Gasteiger partial charge < -0.3 is 14.8 Å². The molecule has 0 aliphatic rings. The van der Waals surface area contributed by atoms with E-state index in [1.807, 2.05) is 13.8 Å². The summed E-state index contributed by atoms with van der Waals surface area (Å²) >= 11 is 0. The summed E-state index contributed by atoms with van der Waals surface area (Å²) in [5.74, 6) is 1.18. The molecule has 5 heteroatoms. The Hall–Kier alpha value is -2.82. The summed E-state index contributed by atoms with van der Waals surface area (Å²) in [5, 5.41) is 2.80.